The molecular weight excluding hydrogens is 238 g/mol. The number of rotatable bonds is 4. The Morgan fingerprint density at radius 3 is 2.39 bits per heavy atom. The average Bonchev–Trinajstić information content (AvgIpc) is 2.37. The topological polar surface area (TPSA) is 45.1 Å². The zero-order valence-corrected chi connectivity index (χ0v) is 9.53. The first kappa shape index (κ1) is 12.4. The van der Waals surface area contributed by atoms with E-state index in [-0.39, 0.29) is 0 Å². The highest BCUT2D eigenvalue weighted by molar-refractivity contribution is 5.30. The summed E-state index contributed by atoms with van der Waals surface area (Å²) in [6, 6.07) is 5.93. The van der Waals surface area contributed by atoms with E-state index >= 15 is 0 Å². The van der Waals surface area contributed by atoms with Crippen molar-refractivity contribution in [2.75, 3.05) is 0 Å². The van der Waals surface area contributed by atoms with E-state index < -0.39 is 17.4 Å². The minimum Gasteiger partial charge on any atom is -0.503 e. The Morgan fingerprint density at radius 1 is 1.11 bits per heavy atom. The van der Waals surface area contributed by atoms with E-state index in [0.29, 0.717) is 18.7 Å². The molecule has 3 nitrogen and oxygen atoms in total. The Labute approximate surface area is 103 Å². The molecule has 94 valence electrons. The molecule has 2 aromatic rings. The molecular formula is C13H12F2N2O. The third-order valence-corrected chi connectivity index (χ3v) is 2.46. The molecule has 0 unspecified atom stereocenters. The highest BCUT2D eigenvalue weighted by Gasteiger charge is 2.09. The monoisotopic (exact) mass is 250 g/mol. The zero-order valence-electron chi connectivity index (χ0n) is 9.53. The second kappa shape index (κ2) is 5.55. The lowest BCUT2D eigenvalue weighted by atomic mass is 10.2. The summed E-state index contributed by atoms with van der Waals surface area (Å²) in [4.78, 5) is 3.96. The Bertz CT molecular complexity index is 509. The number of phenols is 1. The van der Waals surface area contributed by atoms with Crippen LogP contribution in [-0.2, 0) is 13.1 Å². The van der Waals surface area contributed by atoms with Crippen molar-refractivity contribution in [3.05, 3.63) is 59.4 Å². The van der Waals surface area contributed by atoms with Gasteiger partial charge in [0.05, 0.1) is 0 Å². The van der Waals surface area contributed by atoms with Gasteiger partial charge in [0, 0.05) is 25.5 Å². The molecule has 0 atom stereocenters. The van der Waals surface area contributed by atoms with Crippen LogP contribution in [0.4, 0.5) is 8.78 Å². The molecule has 1 aromatic carbocycles. The van der Waals surface area contributed by atoms with E-state index in [1.165, 1.54) is 0 Å². The van der Waals surface area contributed by atoms with E-state index in [2.05, 4.69) is 10.3 Å². The van der Waals surface area contributed by atoms with Gasteiger partial charge in [-0.2, -0.15) is 0 Å². The molecule has 0 fully saturated rings. The van der Waals surface area contributed by atoms with Crippen LogP contribution >= 0.6 is 0 Å². The van der Waals surface area contributed by atoms with E-state index in [4.69, 9.17) is 5.11 Å². The number of hydrogen-bond donors (Lipinski definition) is 2. The van der Waals surface area contributed by atoms with Gasteiger partial charge in [-0.25, -0.2) is 8.78 Å². The largest absolute Gasteiger partial charge is 0.503 e. The lowest BCUT2D eigenvalue weighted by Gasteiger charge is -2.06. The minimum atomic E-state index is -0.951. The van der Waals surface area contributed by atoms with Gasteiger partial charge in [0.25, 0.3) is 0 Å². The number of aromatic hydroxyl groups is 1. The lowest BCUT2D eigenvalue weighted by molar-refractivity contribution is 0.395. The van der Waals surface area contributed by atoms with Crippen LogP contribution in [0.5, 0.6) is 5.75 Å². The summed E-state index contributed by atoms with van der Waals surface area (Å²) in [5.41, 5.74) is 1.42. The second-order valence-electron chi connectivity index (χ2n) is 3.87. The van der Waals surface area contributed by atoms with E-state index in [1.807, 2.05) is 12.1 Å². The van der Waals surface area contributed by atoms with E-state index in [0.717, 1.165) is 17.7 Å². The van der Waals surface area contributed by atoms with Gasteiger partial charge in [-0.05, 0) is 29.3 Å². The van der Waals surface area contributed by atoms with Gasteiger partial charge >= 0.3 is 0 Å². The van der Waals surface area contributed by atoms with Crippen LogP contribution in [0.15, 0.2) is 36.7 Å². The Hall–Kier alpha value is -2.01. The van der Waals surface area contributed by atoms with Gasteiger partial charge < -0.3 is 10.4 Å². The minimum absolute atomic E-state index is 0.309. The van der Waals surface area contributed by atoms with Crippen LogP contribution in [0.25, 0.3) is 0 Å². The fraction of sp³-hybridized carbons (Fsp3) is 0.154. The van der Waals surface area contributed by atoms with Crippen molar-refractivity contribution in [2.24, 2.45) is 0 Å². The molecule has 0 aliphatic heterocycles. The van der Waals surface area contributed by atoms with Crippen molar-refractivity contribution in [1.29, 1.82) is 0 Å². The average molecular weight is 250 g/mol. The summed E-state index contributed by atoms with van der Waals surface area (Å²) in [5.74, 6) is -2.84. The molecule has 5 heteroatoms. The molecule has 0 aliphatic carbocycles. The van der Waals surface area contributed by atoms with Crippen molar-refractivity contribution in [3.63, 3.8) is 0 Å². The van der Waals surface area contributed by atoms with Crippen LogP contribution < -0.4 is 5.32 Å². The van der Waals surface area contributed by atoms with Crippen molar-refractivity contribution in [3.8, 4) is 5.75 Å². The molecule has 0 saturated heterocycles. The second-order valence-corrected chi connectivity index (χ2v) is 3.87. The molecule has 18 heavy (non-hydrogen) atoms. The summed E-state index contributed by atoms with van der Waals surface area (Å²) < 4.78 is 26.1. The van der Waals surface area contributed by atoms with Crippen LogP contribution in [0, 0.1) is 11.6 Å². The number of halogens is 2. The predicted molar refractivity (Wildman–Crippen MR) is 62.8 cm³/mol. The maximum absolute atomic E-state index is 13.1. The van der Waals surface area contributed by atoms with Gasteiger partial charge in [0.2, 0.25) is 0 Å². The predicted octanol–water partition coefficient (Wildman–Crippen LogP) is 2.36. The molecule has 0 spiro atoms. The number of hydrogen-bond acceptors (Lipinski definition) is 3. The number of nitrogens with zero attached hydrogens (tertiary/aromatic N) is 1. The van der Waals surface area contributed by atoms with Crippen LogP contribution in [0.1, 0.15) is 11.1 Å². The third-order valence-electron chi connectivity index (χ3n) is 2.46. The molecule has 1 heterocycles. The van der Waals surface area contributed by atoms with Gasteiger partial charge in [-0.15, -0.1) is 0 Å². The third kappa shape index (κ3) is 3.01. The fourth-order valence-electron chi connectivity index (χ4n) is 1.57. The smallest absolute Gasteiger partial charge is 0.187 e. The standard InChI is InChI=1S/C13H12F2N2O/c14-11-4-10(5-12(15)13(11)18)8-17-7-9-2-1-3-16-6-9/h1-6,17-18H,7-8H2. The van der Waals surface area contributed by atoms with Crippen molar-refractivity contribution in [2.45, 2.75) is 13.1 Å². The summed E-state index contributed by atoms with van der Waals surface area (Å²) in [5, 5.41) is 12.0. The first-order chi connectivity index (χ1) is 8.66. The SMILES string of the molecule is Oc1c(F)cc(CNCc2cccnc2)cc1F. The first-order valence-electron chi connectivity index (χ1n) is 5.43. The quantitative estimate of drug-likeness (QED) is 0.875. The van der Waals surface area contributed by atoms with Crippen molar-refractivity contribution in [1.82, 2.24) is 10.3 Å². The maximum atomic E-state index is 13.1. The molecule has 0 bridgehead atoms. The van der Waals surface area contributed by atoms with E-state index in [9.17, 15) is 8.78 Å². The normalized spacial score (nSPS) is 10.6. The van der Waals surface area contributed by atoms with Crippen LogP contribution in [0.3, 0.4) is 0 Å². The number of phenolic OH excluding ortho intramolecular Hbond substituents is 1. The Morgan fingerprint density at radius 2 is 1.78 bits per heavy atom. The highest BCUT2D eigenvalue weighted by Crippen LogP contribution is 2.21. The fourth-order valence-corrected chi connectivity index (χ4v) is 1.57. The van der Waals surface area contributed by atoms with Gasteiger partial charge in [0.1, 0.15) is 0 Å². The van der Waals surface area contributed by atoms with Crippen LogP contribution in [-0.4, -0.2) is 10.1 Å². The summed E-state index contributed by atoms with van der Waals surface area (Å²) in [7, 11) is 0. The molecule has 0 radical (unpaired) electrons. The molecule has 2 N–H and O–H groups in total. The highest BCUT2D eigenvalue weighted by atomic mass is 19.1. The molecule has 0 amide bonds. The lowest BCUT2D eigenvalue weighted by Crippen LogP contribution is -2.13. The van der Waals surface area contributed by atoms with Crippen molar-refractivity contribution >= 4 is 0 Å². The number of pyridine rings is 1. The summed E-state index contributed by atoms with van der Waals surface area (Å²) in [6.07, 6.45) is 3.39. The number of nitrogens with one attached hydrogen (secondary N) is 1. The molecule has 2 rings (SSSR count). The summed E-state index contributed by atoms with van der Waals surface area (Å²) >= 11 is 0. The summed E-state index contributed by atoms with van der Waals surface area (Å²) in [6.45, 7) is 0.862. The van der Waals surface area contributed by atoms with Gasteiger partial charge in [-0.1, -0.05) is 6.07 Å². The van der Waals surface area contributed by atoms with Crippen molar-refractivity contribution < 1.29 is 13.9 Å². The zero-order chi connectivity index (χ0) is 13.0. The molecule has 0 saturated carbocycles. The molecule has 0 aliphatic rings. The van der Waals surface area contributed by atoms with Gasteiger partial charge in [-0.3, -0.25) is 4.98 Å². The number of aromatic nitrogens is 1. The first-order valence-corrected chi connectivity index (χ1v) is 5.43. The number of benzene rings is 1. The Balaban J connectivity index is 1.95. The van der Waals surface area contributed by atoms with Gasteiger partial charge in [0.15, 0.2) is 17.4 Å². The van der Waals surface area contributed by atoms with Crippen LogP contribution in [0.2, 0.25) is 0 Å². The molecule has 1 aromatic heterocycles. The van der Waals surface area contributed by atoms with E-state index in [1.54, 1.807) is 12.4 Å². The maximum Gasteiger partial charge on any atom is 0.187 e. The Kier molecular flexibility index (Phi) is 3.84.